The molecule has 5 aromatic rings. The molecule has 1 unspecified atom stereocenters. The summed E-state index contributed by atoms with van der Waals surface area (Å²) >= 11 is 12.8. The molecule has 10 heteroatoms. The Morgan fingerprint density at radius 3 is 2.54 bits per heavy atom. The van der Waals surface area contributed by atoms with E-state index in [4.69, 9.17) is 28.2 Å². The highest BCUT2D eigenvalue weighted by atomic mass is 35.5. The standard InChI is InChI=1S/C31H26Cl2FN7/c32-25-13-21(6-7-27(25)34)39-29-20(15-35)16-37-31-24(29)12-22(14-26(31)33)40-30(19-4-2-1-3-5-19)28-17-41(18-38-28)23-8-10-36-11-9-23/h1-7,12-14,16-18,23,30,36,40H,8-11H2,(H,37,39). The number of halogens is 3. The van der Waals surface area contributed by atoms with Crippen LogP contribution in [0.5, 0.6) is 0 Å². The molecular formula is C31H26Cl2FN7. The average Bonchev–Trinajstić information content (AvgIpc) is 3.49. The van der Waals surface area contributed by atoms with Crippen LogP contribution in [0, 0.1) is 17.1 Å². The highest BCUT2D eigenvalue weighted by Crippen LogP contribution is 2.37. The molecule has 2 aromatic heterocycles. The number of fused-ring (bicyclic) bond motifs is 1. The van der Waals surface area contributed by atoms with Gasteiger partial charge in [0, 0.05) is 35.2 Å². The molecule has 1 aliphatic heterocycles. The zero-order chi connectivity index (χ0) is 28.3. The number of aromatic nitrogens is 3. The molecule has 1 saturated heterocycles. The fraction of sp³-hybridized carbons (Fsp3) is 0.194. The smallest absolute Gasteiger partial charge is 0.141 e. The van der Waals surface area contributed by atoms with E-state index in [9.17, 15) is 9.65 Å². The van der Waals surface area contributed by atoms with E-state index in [-0.39, 0.29) is 11.1 Å². The molecule has 0 bridgehead atoms. The highest BCUT2D eigenvalue weighted by molar-refractivity contribution is 6.36. The fourth-order valence-corrected chi connectivity index (χ4v) is 5.68. The van der Waals surface area contributed by atoms with Gasteiger partial charge in [0.2, 0.25) is 0 Å². The molecule has 0 spiro atoms. The van der Waals surface area contributed by atoms with Gasteiger partial charge >= 0.3 is 0 Å². The summed E-state index contributed by atoms with van der Waals surface area (Å²) in [5.41, 5.74) is 4.52. The molecule has 206 valence electrons. The third-order valence-corrected chi connectivity index (χ3v) is 7.90. The Hall–Kier alpha value is -4.16. The molecular weight excluding hydrogens is 560 g/mol. The van der Waals surface area contributed by atoms with Crippen molar-refractivity contribution in [1.82, 2.24) is 19.9 Å². The Morgan fingerprint density at radius 1 is 1.00 bits per heavy atom. The molecule has 0 aliphatic carbocycles. The third-order valence-electron chi connectivity index (χ3n) is 7.33. The minimum atomic E-state index is -0.526. The molecule has 1 fully saturated rings. The van der Waals surface area contributed by atoms with Gasteiger partial charge in [-0.2, -0.15) is 5.26 Å². The fourth-order valence-electron chi connectivity index (χ4n) is 5.23. The first-order valence-electron chi connectivity index (χ1n) is 13.3. The largest absolute Gasteiger partial charge is 0.373 e. The van der Waals surface area contributed by atoms with Gasteiger partial charge in [-0.25, -0.2) is 9.37 Å². The van der Waals surface area contributed by atoms with Crippen molar-refractivity contribution in [1.29, 1.82) is 5.26 Å². The number of anilines is 3. The van der Waals surface area contributed by atoms with Crippen LogP contribution < -0.4 is 16.0 Å². The normalized spacial score (nSPS) is 14.5. The number of piperidine rings is 1. The predicted molar refractivity (Wildman–Crippen MR) is 161 cm³/mol. The molecule has 6 rings (SSSR count). The average molecular weight is 587 g/mol. The Kier molecular flexibility index (Phi) is 7.75. The van der Waals surface area contributed by atoms with Gasteiger partial charge in [0.25, 0.3) is 0 Å². The van der Waals surface area contributed by atoms with Crippen LogP contribution in [0.1, 0.15) is 41.7 Å². The Bertz CT molecular complexity index is 1740. The van der Waals surface area contributed by atoms with Gasteiger partial charge < -0.3 is 20.5 Å². The monoisotopic (exact) mass is 585 g/mol. The summed E-state index contributed by atoms with van der Waals surface area (Å²) < 4.78 is 16.0. The second kappa shape index (κ2) is 11.8. The first-order valence-corrected chi connectivity index (χ1v) is 14.1. The first kappa shape index (κ1) is 27.0. The lowest BCUT2D eigenvalue weighted by Crippen LogP contribution is -2.29. The van der Waals surface area contributed by atoms with E-state index in [1.54, 1.807) is 6.07 Å². The van der Waals surface area contributed by atoms with E-state index in [0.717, 1.165) is 42.9 Å². The van der Waals surface area contributed by atoms with Crippen molar-refractivity contribution in [3.8, 4) is 6.07 Å². The van der Waals surface area contributed by atoms with Gasteiger partial charge in [0.15, 0.2) is 0 Å². The lowest BCUT2D eigenvalue weighted by atomic mass is 10.0. The van der Waals surface area contributed by atoms with Gasteiger partial charge in [0.1, 0.15) is 11.9 Å². The van der Waals surface area contributed by atoms with Crippen molar-refractivity contribution in [2.75, 3.05) is 23.7 Å². The second-order valence-electron chi connectivity index (χ2n) is 9.98. The molecule has 3 heterocycles. The number of nitrogens with one attached hydrogen (secondary N) is 3. The summed E-state index contributed by atoms with van der Waals surface area (Å²) in [5, 5.41) is 21.2. The van der Waals surface area contributed by atoms with Crippen LogP contribution in [-0.2, 0) is 0 Å². The van der Waals surface area contributed by atoms with Crippen molar-refractivity contribution in [2.24, 2.45) is 0 Å². The van der Waals surface area contributed by atoms with Crippen LogP contribution in [0.25, 0.3) is 10.9 Å². The van der Waals surface area contributed by atoms with Crippen molar-refractivity contribution < 1.29 is 4.39 Å². The molecule has 1 aliphatic rings. The predicted octanol–water partition coefficient (Wildman–Crippen LogP) is 7.62. The minimum Gasteiger partial charge on any atom is -0.373 e. The maximum absolute atomic E-state index is 13.8. The molecule has 41 heavy (non-hydrogen) atoms. The topological polar surface area (TPSA) is 90.6 Å². The molecule has 3 aromatic carbocycles. The maximum atomic E-state index is 13.8. The van der Waals surface area contributed by atoms with E-state index in [1.165, 1.54) is 18.3 Å². The first-order chi connectivity index (χ1) is 20.0. The summed E-state index contributed by atoms with van der Waals surface area (Å²) in [6.45, 7) is 1.99. The summed E-state index contributed by atoms with van der Waals surface area (Å²) in [6, 6.07) is 20.5. The third kappa shape index (κ3) is 5.70. The number of benzene rings is 3. The van der Waals surface area contributed by atoms with Gasteiger partial charge in [0.05, 0.1) is 44.9 Å². The van der Waals surface area contributed by atoms with Crippen molar-refractivity contribution in [2.45, 2.75) is 24.9 Å². The summed E-state index contributed by atoms with van der Waals surface area (Å²) in [4.78, 5) is 9.25. The van der Waals surface area contributed by atoms with E-state index >= 15 is 0 Å². The van der Waals surface area contributed by atoms with Gasteiger partial charge in [-0.1, -0.05) is 53.5 Å². The number of imidazole rings is 1. The zero-order valence-corrected chi connectivity index (χ0v) is 23.4. The summed E-state index contributed by atoms with van der Waals surface area (Å²) in [6.07, 6.45) is 7.61. The maximum Gasteiger partial charge on any atom is 0.141 e. The Balaban J connectivity index is 1.41. The number of rotatable bonds is 7. The number of hydrogen-bond acceptors (Lipinski definition) is 6. The van der Waals surface area contributed by atoms with Crippen molar-refractivity contribution >= 4 is 51.2 Å². The van der Waals surface area contributed by atoms with Crippen LogP contribution in [0.2, 0.25) is 10.0 Å². The quantitative estimate of drug-likeness (QED) is 0.182. The highest BCUT2D eigenvalue weighted by Gasteiger charge is 2.22. The van der Waals surface area contributed by atoms with Crippen LogP contribution in [0.15, 0.2) is 79.4 Å². The SMILES string of the molecule is N#Cc1cnc2c(Cl)cc(NC(c3ccccc3)c3cn(C4CCNCC4)cn3)cc2c1Nc1ccc(F)c(Cl)c1. The minimum absolute atomic E-state index is 0.0260. The molecule has 0 radical (unpaired) electrons. The van der Waals surface area contributed by atoms with E-state index in [0.29, 0.717) is 38.9 Å². The van der Waals surface area contributed by atoms with Crippen LogP contribution in [-0.4, -0.2) is 27.6 Å². The molecule has 0 amide bonds. The number of pyridine rings is 1. The lowest BCUT2D eigenvalue weighted by molar-refractivity contribution is 0.367. The lowest BCUT2D eigenvalue weighted by Gasteiger charge is -2.24. The van der Waals surface area contributed by atoms with Crippen LogP contribution in [0.4, 0.5) is 21.5 Å². The second-order valence-corrected chi connectivity index (χ2v) is 10.8. The molecule has 0 saturated carbocycles. The van der Waals surface area contributed by atoms with E-state index in [2.05, 4.69) is 49.9 Å². The van der Waals surface area contributed by atoms with E-state index < -0.39 is 5.82 Å². The van der Waals surface area contributed by atoms with Gasteiger partial charge in [-0.3, -0.25) is 4.98 Å². The van der Waals surface area contributed by atoms with Crippen molar-refractivity contribution in [3.05, 3.63) is 112 Å². The Labute approximate surface area is 247 Å². The molecule has 3 N–H and O–H groups in total. The van der Waals surface area contributed by atoms with Gasteiger partial charge in [-0.05, 0) is 61.8 Å². The number of nitriles is 1. The van der Waals surface area contributed by atoms with Crippen molar-refractivity contribution in [3.63, 3.8) is 0 Å². The summed E-state index contributed by atoms with van der Waals surface area (Å²) in [7, 11) is 0. The molecule has 1 atom stereocenters. The summed E-state index contributed by atoms with van der Waals surface area (Å²) in [5.74, 6) is -0.526. The van der Waals surface area contributed by atoms with Crippen LogP contribution in [0.3, 0.4) is 0 Å². The Morgan fingerprint density at radius 2 is 1.78 bits per heavy atom. The molecule has 7 nitrogen and oxygen atoms in total. The van der Waals surface area contributed by atoms with E-state index in [1.807, 2.05) is 36.7 Å². The zero-order valence-electron chi connectivity index (χ0n) is 21.9. The van der Waals surface area contributed by atoms with Crippen LogP contribution >= 0.6 is 23.2 Å². The number of nitrogens with zero attached hydrogens (tertiary/aromatic N) is 4. The van der Waals surface area contributed by atoms with Gasteiger partial charge in [-0.15, -0.1) is 0 Å². The number of hydrogen-bond donors (Lipinski definition) is 3.